The van der Waals surface area contributed by atoms with Crippen molar-refractivity contribution < 1.29 is 9.72 Å². The van der Waals surface area contributed by atoms with Gasteiger partial charge in [0.15, 0.2) is 0 Å². The van der Waals surface area contributed by atoms with Crippen molar-refractivity contribution in [1.82, 2.24) is 0 Å². The molecule has 0 fully saturated rings. The highest BCUT2D eigenvalue weighted by molar-refractivity contribution is 6.33. The van der Waals surface area contributed by atoms with Crippen LogP contribution in [0.2, 0.25) is 5.02 Å². The molecular formula is C9H8Cl2N2O3. The summed E-state index contributed by atoms with van der Waals surface area (Å²) in [5.41, 5.74) is 5.42. The Morgan fingerprint density at radius 2 is 2.19 bits per heavy atom. The number of carbonyl (C=O) groups is 1. The van der Waals surface area contributed by atoms with Gasteiger partial charge in [-0.2, -0.15) is 0 Å². The Kier molecular flexibility index (Phi) is 4.09. The molecule has 0 bridgehead atoms. The summed E-state index contributed by atoms with van der Waals surface area (Å²) in [5.74, 6) is -0.642. The molecule has 0 aliphatic carbocycles. The standard InChI is InChI=1S/C9H8Cl2N2O3/c10-6-3-5(4-7(11)9(12)14)1-2-8(6)13(15)16/h1-3,7H,4H2,(H2,12,14). The normalized spacial score (nSPS) is 12.1. The molecule has 0 saturated heterocycles. The molecule has 1 aromatic rings. The van der Waals surface area contributed by atoms with Gasteiger partial charge in [0.25, 0.3) is 5.69 Å². The minimum atomic E-state index is -0.850. The molecular weight excluding hydrogens is 255 g/mol. The number of alkyl halides is 1. The number of hydrogen-bond donors (Lipinski definition) is 1. The van der Waals surface area contributed by atoms with Gasteiger partial charge in [-0.15, -0.1) is 11.6 Å². The Bertz CT molecular complexity index is 437. The molecule has 0 aromatic heterocycles. The van der Waals surface area contributed by atoms with E-state index in [9.17, 15) is 14.9 Å². The topological polar surface area (TPSA) is 86.2 Å². The van der Waals surface area contributed by atoms with Crippen LogP contribution in [0.15, 0.2) is 18.2 Å². The van der Waals surface area contributed by atoms with E-state index in [1.54, 1.807) is 0 Å². The first kappa shape index (κ1) is 12.7. The number of nitro groups is 1. The third kappa shape index (κ3) is 3.08. The van der Waals surface area contributed by atoms with E-state index in [4.69, 9.17) is 28.9 Å². The van der Waals surface area contributed by atoms with Gasteiger partial charge in [-0.05, 0) is 18.1 Å². The summed E-state index contributed by atoms with van der Waals surface area (Å²) in [4.78, 5) is 20.6. The van der Waals surface area contributed by atoms with E-state index >= 15 is 0 Å². The number of primary amides is 1. The lowest BCUT2D eigenvalue weighted by Crippen LogP contribution is -2.25. The van der Waals surface area contributed by atoms with Gasteiger partial charge in [-0.3, -0.25) is 14.9 Å². The Hall–Kier alpha value is -1.33. The van der Waals surface area contributed by atoms with Gasteiger partial charge in [0.2, 0.25) is 5.91 Å². The van der Waals surface area contributed by atoms with Crippen molar-refractivity contribution in [1.29, 1.82) is 0 Å². The molecule has 1 aromatic carbocycles. The van der Waals surface area contributed by atoms with E-state index in [1.807, 2.05) is 0 Å². The van der Waals surface area contributed by atoms with Gasteiger partial charge < -0.3 is 5.73 Å². The SMILES string of the molecule is NC(=O)C(Cl)Cc1ccc([N+](=O)[O-])c(Cl)c1. The minimum Gasteiger partial charge on any atom is -0.368 e. The molecule has 0 aliphatic rings. The smallest absolute Gasteiger partial charge is 0.287 e. The number of amides is 1. The number of carbonyl (C=O) groups excluding carboxylic acids is 1. The second-order valence-corrected chi connectivity index (χ2v) is 4.05. The zero-order valence-electron chi connectivity index (χ0n) is 8.02. The van der Waals surface area contributed by atoms with Gasteiger partial charge >= 0.3 is 0 Å². The zero-order chi connectivity index (χ0) is 12.3. The van der Waals surface area contributed by atoms with Gasteiger partial charge in [0, 0.05) is 6.07 Å². The molecule has 7 heteroatoms. The van der Waals surface area contributed by atoms with E-state index in [0.29, 0.717) is 5.56 Å². The first-order chi connectivity index (χ1) is 7.41. The molecule has 2 N–H and O–H groups in total. The fraction of sp³-hybridized carbons (Fsp3) is 0.222. The zero-order valence-corrected chi connectivity index (χ0v) is 9.53. The lowest BCUT2D eigenvalue weighted by molar-refractivity contribution is -0.384. The van der Waals surface area contributed by atoms with Crippen molar-refractivity contribution in [3.63, 3.8) is 0 Å². The molecule has 0 heterocycles. The Morgan fingerprint density at radius 1 is 1.56 bits per heavy atom. The van der Waals surface area contributed by atoms with Crippen molar-refractivity contribution in [2.75, 3.05) is 0 Å². The van der Waals surface area contributed by atoms with Gasteiger partial charge in [-0.1, -0.05) is 17.7 Å². The van der Waals surface area contributed by atoms with Crippen LogP contribution in [0, 0.1) is 10.1 Å². The second-order valence-electron chi connectivity index (χ2n) is 3.12. The summed E-state index contributed by atoms with van der Waals surface area (Å²) in [7, 11) is 0. The fourth-order valence-corrected chi connectivity index (χ4v) is 1.58. The van der Waals surface area contributed by atoms with Crippen molar-refractivity contribution in [2.24, 2.45) is 5.73 Å². The minimum absolute atomic E-state index is 0.0100. The molecule has 86 valence electrons. The van der Waals surface area contributed by atoms with E-state index < -0.39 is 16.2 Å². The molecule has 1 unspecified atom stereocenters. The van der Waals surface area contributed by atoms with Crippen LogP contribution < -0.4 is 5.73 Å². The molecule has 0 aliphatic heterocycles. The number of nitro benzene ring substituents is 1. The monoisotopic (exact) mass is 262 g/mol. The Balaban J connectivity index is 2.89. The first-order valence-electron chi connectivity index (χ1n) is 4.28. The molecule has 1 amide bonds. The molecule has 0 saturated carbocycles. The number of benzene rings is 1. The maximum absolute atomic E-state index is 10.7. The van der Waals surface area contributed by atoms with Gasteiger partial charge in [0.05, 0.1) is 4.92 Å². The highest BCUT2D eigenvalue weighted by Crippen LogP contribution is 2.25. The summed E-state index contributed by atoms with van der Waals surface area (Å²) in [6.07, 6.45) is 0.189. The molecule has 5 nitrogen and oxygen atoms in total. The van der Waals surface area contributed by atoms with Crippen LogP contribution in [0.1, 0.15) is 5.56 Å². The lowest BCUT2D eigenvalue weighted by atomic mass is 10.1. The summed E-state index contributed by atoms with van der Waals surface area (Å²) >= 11 is 11.3. The van der Waals surface area contributed by atoms with E-state index in [2.05, 4.69) is 0 Å². The predicted octanol–water partition coefficient (Wildman–Crippen LogP) is 1.88. The summed E-state index contributed by atoms with van der Waals surface area (Å²) in [5, 5.41) is 9.64. The number of hydrogen-bond acceptors (Lipinski definition) is 3. The third-order valence-corrected chi connectivity index (χ3v) is 2.60. The van der Waals surface area contributed by atoms with E-state index in [-0.39, 0.29) is 17.1 Å². The summed E-state index contributed by atoms with van der Waals surface area (Å²) in [6.45, 7) is 0. The number of nitrogens with two attached hydrogens (primary N) is 1. The number of nitrogens with zero attached hydrogens (tertiary/aromatic N) is 1. The van der Waals surface area contributed by atoms with Crippen molar-refractivity contribution >= 4 is 34.8 Å². The average Bonchev–Trinajstić information content (AvgIpc) is 2.16. The third-order valence-electron chi connectivity index (χ3n) is 1.93. The quantitative estimate of drug-likeness (QED) is 0.511. The van der Waals surface area contributed by atoms with E-state index in [1.165, 1.54) is 18.2 Å². The highest BCUT2D eigenvalue weighted by Gasteiger charge is 2.16. The van der Waals surface area contributed by atoms with Crippen LogP contribution in [0.3, 0.4) is 0 Å². The van der Waals surface area contributed by atoms with Crippen LogP contribution >= 0.6 is 23.2 Å². The summed E-state index contributed by atoms with van der Waals surface area (Å²) in [6, 6.07) is 4.16. The van der Waals surface area contributed by atoms with Crippen LogP contribution in [0.5, 0.6) is 0 Å². The molecule has 0 radical (unpaired) electrons. The Labute approximate surface area is 101 Å². The maximum atomic E-state index is 10.7. The van der Waals surface area contributed by atoms with Crippen molar-refractivity contribution in [2.45, 2.75) is 11.8 Å². The second kappa shape index (κ2) is 5.14. The maximum Gasteiger partial charge on any atom is 0.287 e. The number of halogens is 2. The molecule has 1 rings (SSSR count). The number of rotatable bonds is 4. The molecule has 16 heavy (non-hydrogen) atoms. The predicted molar refractivity (Wildman–Crippen MR) is 60.6 cm³/mol. The molecule has 0 spiro atoms. The lowest BCUT2D eigenvalue weighted by Gasteiger charge is -2.05. The van der Waals surface area contributed by atoms with Crippen LogP contribution in [-0.4, -0.2) is 16.2 Å². The van der Waals surface area contributed by atoms with Crippen LogP contribution in [-0.2, 0) is 11.2 Å². The van der Waals surface area contributed by atoms with Crippen LogP contribution in [0.25, 0.3) is 0 Å². The van der Waals surface area contributed by atoms with Gasteiger partial charge in [0.1, 0.15) is 10.4 Å². The van der Waals surface area contributed by atoms with Gasteiger partial charge in [-0.25, -0.2) is 0 Å². The average molecular weight is 263 g/mol. The fourth-order valence-electron chi connectivity index (χ4n) is 1.13. The Morgan fingerprint density at radius 3 is 2.62 bits per heavy atom. The van der Waals surface area contributed by atoms with E-state index in [0.717, 1.165) is 0 Å². The highest BCUT2D eigenvalue weighted by atomic mass is 35.5. The van der Waals surface area contributed by atoms with Crippen molar-refractivity contribution in [3.8, 4) is 0 Å². The largest absolute Gasteiger partial charge is 0.368 e. The van der Waals surface area contributed by atoms with Crippen molar-refractivity contribution in [3.05, 3.63) is 38.9 Å². The summed E-state index contributed by atoms with van der Waals surface area (Å²) < 4.78 is 0. The first-order valence-corrected chi connectivity index (χ1v) is 5.09. The van der Waals surface area contributed by atoms with Crippen LogP contribution in [0.4, 0.5) is 5.69 Å². The molecule has 1 atom stereocenters.